The minimum Gasteiger partial charge on any atom is -0.508 e. The number of aromatic nitrogens is 4. The van der Waals surface area contributed by atoms with E-state index in [4.69, 9.17) is 0 Å². The van der Waals surface area contributed by atoms with Gasteiger partial charge in [0.1, 0.15) is 17.0 Å². The molecule has 2 heterocycles. The molecule has 0 aliphatic carbocycles. The minimum atomic E-state index is -0.0753. The van der Waals surface area contributed by atoms with Crippen molar-refractivity contribution in [3.63, 3.8) is 0 Å². The lowest BCUT2D eigenvalue weighted by atomic mass is 10.2. The summed E-state index contributed by atoms with van der Waals surface area (Å²) in [5, 5.41) is 32.3. The van der Waals surface area contributed by atoms with E-state index in [2.05, 4.69) is 25.7 Å². The fourth-order valence-electron chi connectivity index (χ4n) is 2.65. The summed E-state index contributed by atoms with van der Waals surface area (Å²) < 4.78 is 1.94. The Kier molecular flexibility index (Phi) is 3.42. The van der Waals surface area contributed by atoms with Crippen LogP contribution in [0.3, 0.4) is 0 Å². The lowest BCUT2D eigenvalue weighted by molar-refractivity contribution is 0.450. The summed E-state index contributed by atoms with van der Waals surface area (Å²) in [6, 6.07) is 12.1. The van der Waals surface area contributed by atoms with Crippen LogP contribution in [-0.2, 0) is 7.05 Å². The number of benzene rings is 2. The molecular weight excluding hydrogens is 320 g/mol. The molecule has 8 heteroatoms. The van der Waals surface area contributed by atoms with Crippen LogP contribution in [0.15, 0.2) is 47.6 Å². The highest BCUT2D eigenvalue weighted by atomic mass is 16.3. The summed E-state index contributed by atoms with van der Waals surface area (Å²) in [5.74, 6) is 0.151. The van der Waals surface area contributed by atoms with E-state index in [-0.39, 0.29) is 17.4 Å². The number of anilines is 1. The van der Waals surface area contributed by atoms with E-state index >= 15 is 0 Å². The second-order valence-corrected chi connectivity index (χ2v) is 5.50. The van der Waals surface area contributed by atoms with Crippen LogP contribution in [0.5, 0.6) is 11.5 Å². The van der Waals surface area contributed by atoms with Gasteiger partial charge in [-0.3, -0.25) is 0 Å². The van der Waals surface area contributed by atoms with E-state index < -0.39 is 0 Å². The number of rotatable bonds is 3. The summed E-state index contributed by atoms with van der Waals surface area (Å²) >= 11 is 0. The SMILES string of the molecule is Cn1c2ccccc2c2nnc(NN=Cc3ccc(O)cc3O)nc21. The number of nitrogens with one attached hydrogen (secondary N) is 1. The average molecular weight is 334 g/mol. The van der Waals surface area contributed by atoms with E-state index in [1.165, 1.54) is 18.3 Å². The molecule has 0 aliphatic rings. The van der Waals surface area contributed by atoms with Gasteiger partial charge in [-0.15, -0.1) is 10.2 Å². The number of aryl methyl sites for hydroxylation is 1. The summed E-state index contributed by atoms with van der Waals surface area (Å²) in [6.07, 6.45) is 1.41. The second-order valence-electron chi connectivity index (χ2n) is 5.50. The highest BCUT2D eigenvalue weighted by Gasteiger charge is 2.11. The van der Waals surface area contributed by atoms with Gasteiger partial charge in [-0.1, -0.05) is 18.2 Å². The fourth-order valence-corrected chi connectivity index (χ4v) is 2.65. The van der Waals surface area contributed by atoms with Crippen molar-refractivity contribution < 1.29 is 10.2 Å². The molecule has 124 valence electrons. The Morgan fingerprint density at radius 1 is 1.12 bits per heavy atom. The Hall–Kier alpha value is -3.68. The zero-order valence-corrected chi connectivity index (χ0v) is 13.2. The predicted molar refractivity (Wildman–Crippen MR) is 94.8 cm³/mol. The molecule has 0 aliphatic heterocycles. The maximum absolute atomic E-state index is 9.72. The molecular formula is C17H14N6O2. The Balaban J connectivity index is 1.65. The molecule has 25 heavy (non-hydrogen) atoms. The average Bonchev–Trinajstić information content (AvgIpc) is 2.90. The molecule has 0 radical (unpaired) electrons. The van der Waals surface area contributed by atoms with Crippen LogP contribution in [0.1, 0.15) is 5.56 Å². The molecule has 2 aromatic heterocycles. The first-order valence-electron chi connectivity index (χ1n) is 7.52. The predicted octanol–water partition coefficient (Wildman–Crippen LogP) is 2.37. The number of nitrogens with zero attached hydrogens (tertiary/aromatic N) is 5. The van der Waals surface area contributed by atoms with Gasteiger partial charge in [0, 0.05) is 24.1 Å². The summed E-state index contributed by atoms with van der Waals surface area (Å²) in [4.78, 5) is 4.44. The van der Waals surface area contributed by atoms with Crippen molar-refractivity contribution in [2.45, 2.75) is 0 Å². The summed E-state index contributed by atoms with van der Waals surface area (Å²) in [6.45, 7) is 0. The van der Waals surface area contributed by atoms with Crippen LogP contribution in [0, 0.1) is 0 Å². The summed E-state index contributed by atoms with van der Waals surface area (Å²) in [5.41, 5.74) is 5.59. The van der Waals surface area contributed by atoms with Gasteiger partial charge in [-0.25, -0.2) is 5.43 Å². The molecule has 0 unspecified atom stereocenters. The van der Waals surface area contributed by atoms with Crippen molar-refractivity contribution in [3.05, 3.63) is 48.0 Å². The highest BCUT2D eigenvalue weighted by Crippen LogP contribution is 2.25. The first-order chi connectivity index (χ1) is 12.1. The van der Waals surface area contributed by atoms with E-state index in [0.29, 0.717) is 11.2 Å². The van der Waals surface area contributed by atoms with Crippen LogP contribution in [0.4, 0.5) is 5.95 Å². The Morgan fingerprint density at radius 3 is 2.80 bits per heavy atom. The van der Waals surface area contributed by atoms with Gasteiger partial charge in [-0.05, 0) is 18.2 Å². The maximum atomic E-state index is 9.72. The molecule has 8 nitrogen and oxygen atoms in total. The van der Waals surface area contributed by atoms with Crippen molar-refractivity contribution in [3.8, 4) is 11.5 Å². The Bertz CT molecular complexity index is 1120. The Labute approximate surface area is 142 Å². The van der Waals surface area contributed by atoms with Crippen molar-refractivity contribution in [2.75, 3.05) is 5.43 Å². The quantitative estimate of drug-likeness (QED) is 0.392. The smallest absolute Gasteiger partial charge is 0.265 e. The van der Waals surface area contributed by atoms with Gasteiger partial charge in [0.05, 0.1) is 11.7 Å². The van der Waals surface area contributed by atoms with Crippen LogP contribution in [0.25, 0.3) is 22.1 Å². The van der Waals surface area contributed by atoms with E-state index in [1.807, 2.05) is 35.9 Å². The lowest BCUT2D eigenvalue weighted by Gasteiger charge is -2.01. The van der Waals surface area contributed by atoms with E-state index in [0.717, 1.165) is 16.4 Å². The monoisotopic (exact) mass is 334 g/mol. The molecule has 0 amide bonds. The van der Waals surface area contributed by atoms with Crippen LogP contribution >= 0.6 is 0 Å². The van der Waals surface area contributed by atoms with Crippen molar-refractivity contribution in [2.24, 2.45) is 12.1 Å². The topological polar surface area (TPSA) is 108 Å². The van der Waals surface area contributed by atoms with Crippen LogP contribution < -0.4 is 5.43 Å². The van der Waals surface area contributed by atoms with Crippen molar-refractivity contribution >= 4 is 34.2 Å². The van der Waals surface area contributed by atoms with Crippen LogP contribution in [-0.4, -0.2) is 36.2 Å². The molecule has 0 saturated carbocycles. The zero-order chi connectivity index (χ0) is 17.4. The molecule has 0 bridgehead atoms. The lowest BCUT2D eigenvalue weighted by Crippen LogP contribution is -2.00. The molecule has 4 aromatic rings. The van der Waals surface area contributed by atoms with Gasteiger partial charge >= 0.3 is 0 Å². The number of para-hydroxylation sites is 1. The molecule has 0 atom stereocenters. The maximum Gasteiger partial charge on any atom is 0.265 e. The van der Waals surface area contributed by atoms with Crippen LogP contribution in [0.2, 0.25) is 0 Å². The largest absolute Gasteiger partial charge is 0.508 e. The molecule has 0 fully saturated rings. The molecule has 3 N–H and O–H groups in total. The molecule has 0 saturated heterocycles. The Morgan fingerprint density at radius 2 is 1.96 bits per heavy atom. The normalized spacial score (nSPS) is 11.6. The van der Waals surface area contributed by atoms with Crippen molar-refractivity contribution in [1.29, 1.82) is 0 Å². The van der Waals surface area contributed by atoms with Gasteiger partial charge in [0.2, 0.25) is 0 Å². The molecule has 0 spiro atoms. The second kappa shape index (κ2) is 5.75. The number of aromatic hydroxyl groups is 2. The van der Waals surface area contributed by atoms with Crippen molar-refractivity contribution in [1.82, 2.24) is 19.7 Å². The first kappa shape index (κ1) is 14.9. The van der Waals surface area contributed by atoms with E-state index in [1.54, 1.807) is 6.07 Å². The van der Waals surface area contributed by atoms with Gasteiger partial charge in [0.25, 0.3) is 5.95 Å². The van der Waals surface area contributed by atoms with Gasteiger partial charge < -0.3 is 14.8 Å². The highest BCUT2D eigenvalue weighted by molar-refractivity contribution is 6.04. The standard InChI is InChI=1S/C17H14N6O2/c1-23-13-5-3-2-4-12(13)15-16(23)19-17(22-20-15)21-18-9-10-6-7-11(24)8-14(10)25/h2-9,24-25H,1H3,(H,19,21,22). The van der Waals surface area contributed by atoms with Gasteiger partial charge in [0.15, 0.2) is 5.65 Å². The molecule has 4 rings (SSSR count). The number of phenols is 2. The third-order valence-electron chi connectivity index (χ3n) is 3.89. The number of fused-ring (bicyclic) bond motifs is 3. The third-order valence-corrected chi connectivity index (χ3v) is 3.89. The zero-order valence-electron chi connectivity index (χ0n) is 13.2. The van der Waals surface area contributed by atoms with E-state index in [9.17, 15) is 10.2 Å². The van der Waals surface area contributed by atoms with Gasteiger partial charge in [-0.2, -0.15) is 10.1 Å². The first-order valence-corrected chi connectivity index (χ1v) is 7.52. The number of hydrogen-bond donors (Lipinski definition) is 3. The number of hydrogen-bond acceptors (Lipinski definition) is 7. The number of hydrazone groups is 1. The minimum absolute atomic E-state index is 0.0173. The summed E-state index contributed by atoms with van der Waals surface area (Å²) in [7, 11) is 1.92. The number of phenolic OH excluding ortho intramolecular Hbond substituents is 2. The molecule has 2 aromatic carbocycles. The fraction of sp³-hybridized carbons (Fsp3) is 0.0588. The third kappa shape index (κ3) is 2.59.